The third-order valence-electron chi connectivity index (χ3n) is 3.57. The van der Waals surface area contributed by atoms with Gasteiger partial charge in [-0.3, -0.25) is 0 Å². The Morgan fingerprint density at radius 2 is 2.18 bits per heavy atom. The van der Waals surface area contributed by atoms with Crippen molar-refractivity contribution < 1.29 is 0 Å². The van der Waals surface area contributed by atoms with Gasteiger partial charge in [-0.1, -0.05) is 6.07 Å². The molecule has 0 amide bonds. The van der Waals surface area contributed by atoms with E-state index < -0.39 is 0 Å². The Morgan fingerprint density at radius 1 is 1.27 bits per heavy atom. The third-order valence-corrected chi connectivity index (χ3v) is 4.51. The second-order valence-corrected chi connectivity index (χ2v) is 6.34. The van der Waals surface area contributed by atoms with E-state index in [4.69, 9.17) is 0 Å². The minimum atomic E-state index is 0.650. The molecule has 5 nitrogen and oxygen atoms in total. The molecule has 4 aromatic rings. The molecule has 0 aliphatic carbocycles. The van der Waals surface area contributed by atoms with E-state index in [0.29, 0.717) is 5.95 Å². The number of benzene rings is 1. The average molecular weight is 309 g/mol. The lowest BCUT2D eigenvalue weighted by Crippen LogP contribution is -2.01. The number of fused-ring (bicyclic) bond motifs is 2. The van der Waals surface area contributed by atoms with Crippen LogP contribution in [0.3, 0.4) is 0 Å². The van der Waals surface area contributed by atoms with Gasteiger partial charge in [0.05, 0.1) is 15.2 Å². The summed E-state index contributed by atoms with van der Waals surface area (Å²) in [6.07, 6.45) is 3.86. The molecule has 2 N–H and O–H groups in total. The van der Waals surface area contributed by atoms with Crippen molar-refractivity contribution in [1.82, 2.24) is 19.9 Å². The van der Waals surface area contributed by atoms with Crippen LogP contribution in [0.2, 0.25) is 0 Å². The van der Waals surface area contributed by atoms with Crippen molar-refractivity contribution in [2.45, 2.75) is 13.8 Å². The molecule has 22 heavy (non-hydrogen) atoms. The van der Waals surface area contributed by atoms with Gasteiger partial charge in [-0.15, -0.1) is 11.3 Å². The predicted molar refractivity (Wildman–Crippen MR) is 91.4 cm³/mol. The first-order valence-corrected chi connectivity index (χ1v) is 8.02. The fraction of sp³-hybridized carbons (Fsp3) is 0.188. The van der Waals surface area contributed by atoms with E-state index in [1.807, 2.05) is 26.2 Å². The van der Waals surface area contributed by atoms with Gasteiger partial charge in [-0.2, -0.15) is 4.98 Å². The van der Waals surface area contributed by atoms with E-state index in [1.54, 1.807) is 11.3 Å². The van der Waals surface area contributed by atoms with Crippen LogP contribution in [0.5, 0.6) is 0 Å². The Morgan fingerprint density at radius 3 is 3.05 bits per heavy atom. The van der Waals surface area contributed by atoms with Gasteiger partial charge in [0.25, 0.3) is 0 Å². The Kier molecular flexibility index (Phi) is 3.04. The predicted octanol–water partition coefficient (Wildman–Crippen LogP) is 3.97. The van der Waals surface area contributed by atoms with Crippen molar-refractivity contribution in [1.29, 1.82) is 0 Å². The number of H-pyrrole nitrogens is 1. The molecule has 0 saturated carbocycles. The standard InChI is InChI=1S/C16H15N5S/c1-3-17-16-19-8-12-11(7-18-15(12)21-16)10-4-5-13-14(6-10)22-9(2)20-13/h4-8H,3H2,1-2H3,(H2,17,18,19,21). The zero-order chi connectivity index (χ0) is 15.1. The number of aromatic amines is 1. The molecule has 0 aliphatic rings. The fourth-order valence-electron chi connectivity index (χ4n) is 2.60. The molecule has 3 aromatic heterocycles. The second-order valence-electron chi connectivity index (χ2n) is 5.10. The van der Waals surface area contributed by atoms with E-state index in [2.05, 4.69) is 43.5 Å². The summed E-state index contributed by atoms with van der Waals surface area (Å²) in [5, 5.41) is 5.24. The average Bonchev–Trinajstić information content (AvgIpc) is 3.08. The first kappa shape index (κ1) is 13.2. The Labute approximate surface area is 131 Å². The van der Waals surface area contributed by atoms with Gasteiger partial charge >= 0.3 is 0 Å². The lowest BCUT2D eigenvalue weighted by molar-refractivity contribution is 1.10. The SMILES string of the molecule is CCNc1ncc2c(-c3ccc4nc(C)sc4c3)c[nH]c2n1. The van der Waals surface area contributed by atoms with Gasteiger partial charge in [0.15, 0.2) is 0 Å². The summed E-state index contributed by atoms with van der Waals surface area (Å²) in [5.74, 6) is 0.650. The maximum Gasteiger partial charge on any atom is 0.224 e. The van der Waals surface area contributed by atoms with Crippen LogP contribution < -0.4 is 5.32 Å². The number of thiazole rings is 1. The molecule has 0 bridgehead atoms. The van der Waals surface area contributed by atoms with Crippen LogP contribution in [-0.2, 0) is 0 Å². The molecule has 0 atom stereocenters. The summed E-state index contributed by atoms with van der Waals surface area (Å²) in [6, 6.07) is 6.35. The zero-order valence-electron chi connectivity index (χ0n) is 12.3. The van der Waals surface area contributed by atoms with Gasteiger partial charge in [-0.05, 0) is 31.5 Å². The summed E-state index contributed by atoms with van der Waals surface area (Å²) >= 11 is 1.72. The van der Waals surface area contributed by atoms with E-state index in [0.717, 1.165) is 39.2 Å². The number of nitrogens with one attached hydrogen (secondary N) is 2. The highest BCUT2D eigenvalue weighted by Gasteiger charge is 2.10. The van der Waals surface area contributed by atoms with Gasteiger partial charge in [0.1, 0.15) is 5.65 Å². The molecule has 0 fully saturated rings. The van der Waals surface area contributed by atoms with Gasteiger partial charge in [0, 0.05) is 29.9 Å². The highest BCUT2D eigenvalue weighted by molar-refractivity contribution is 7.18. The third kappa shape index (κ3) is 2.12. The molecule has 6 heteroatoms. The maximum atomic E-state index is 4.51. The molecular weight excluding hydrogens is 294 g/mol. The monoisotopic (exact) mass is 309 g/mol. The lowest BCUT2D eigenvalue weighted by Gasteiger charge is -2.02. The number of hydrogen-bond donors (Lipinski definition) is 2. The van der Waals surface area contributed by atoms with Crippen LogP contribution in [0.1, 0.15) is 11.9 Å². The molecule has 0 spiro atoms. The molecule has 3 heterocycles. The number of hydrogen-bond acceptors (Lipinski definition) is 5. The topological polar surface area (TPSA) is 66.5 Å². The second kappa shape index (κ2) is 5.06. The van der Waals surface area contributed by atoms with Crippen molar-refractivity contribution in [2.75, 3.05) is 11.9 Å². The molecule has 0 saturated heterocycles. The van der Waals surface area contributed by atoms with E-state index in [1.165, 1.54) is 4.70 Å². The Bertz CT molecular complexity index is 969. The number of aryl methyl sites for hydroxylation is 1. The molecule has 0 unspecified atom stereocenters. The van der Waals surface area contributed by atoms with Crippen molar-refractivity contribution in [2.24, 2.45) is 0 Å². The summed E-state index contributed by atoms with van der Waals surface area (Å²) in [6.45, 7) is 4.87. The lowest BCUT2D eigenvalue weighted by atomic mass is 10.1. The highest BCUT2D eigenvalue weighted by Crippen LogP contribution is 2.31. The van der Waals surface area contributed by atoms with Crippen LogP contribution >= 0.6 is 11.3 Å². The number of rotatable bonds is 3. The Hall–Kier alpha value is -2.47. The summed E-state index contributed by atoms with van der Waals surface area (Å²) in [5.41, 5.74) is 4.17. The van der Waals surface area contributed by atoms with Gasteiger partial charge in [-0.25, -0.2) is 9.97 Å². The van der Waals surface area contributed by atoms with Crippen molar-refractivity contribution in [3.8, 4) is 11.1 Å². The normalized spacial score (nSPS) is 11.4. The van der Waals surface area contributed by atoms with Crippen LogP contribution in [0.25, 0.3) is 32.4 Å². The molecular formula is C16H15N5S. The molecule has 0 aliphatic heterocycles. The van der Waals surface area contributed by atoms with Crippen LogP contribution in [0.4, 0.5) is 5.95 Å². The van der Waals surface area contributed by atoms with E-state index in [9.17, 15) is 0 Å². The molecule has 0 radical (unpaired) electrons. The van der Waals surface area contributed by atoms with Crippen LogP contribution in [0.15, 0.2) is 30.6 Å². The summed E-state index contributed by atoms with van der Waals surface area (Å²) < 4.78 is 1.20. The minimum absolute atomic E-state index is 0.650. The van der Waals surface area contributed by atoms with Crippen molar-refractivity contribution in [3.63, 3.8) is 0 Å². The number of nitrogens with zero attached hydrogens (tertiary/aromatic N) is 3. The molecule has 1 aromatic carbocycles. The first-order valence-electron chi connectivity index (χ1n) is 7.20. The number of aromatic nitrogens is 4. The van der Waals surface area contributed by atoms with E-state index >= 15 is 0 Å². The van der Waals surface area contributed by atoms with Crippen molar-refractivity contribution in [3.05, 3.63) is 35.6 Å². The molecule has 4 rings (SSSR count). The van der Waals surface area contributed by atoms with Gasteiger partial charge in [0.2, 0.25) is 5.95 Å². The van der Waals surface area contributed by atoms with Crippen LogP contribution in [-0.4, -0.2) is 26.5 Å². The van der Waals surface area contributed by atoms with E-state index in [-0.39, 0.29) is 0 Å². The highest BCUT2D eigenvalue weighted by atomic mass is 32.1. The molecule has 110 valence electrons. The smallest absolute Gasteiger partial charge is 0.224 e. The quantitative estimate of drug-likeness (QED) is 0.601. The van der Waals surface area contributed by atoms with Crippen LogP contribution in [0, 0.1) is 6.92 Å². The fourth-order valence-corrected chi connectivity index (χ4v) is 3.46. The minimum Gasteiger partial charge on any atom is -0.354 e. The summed E-state index contributed by atoms with van der Waals surface area (Å²) in [4.78, 5) is 16.6. The number of anilines is 1. The van der Waals surface area contributed by atoms with Gasteiger partial charge < -0.3 is 10.3 Å². The summed E-state index contributed by atoms with van der Waals surface area (Å²) in [7, 11) is 0. The largest absolute Gasteiger partial charge is 0.354 e. The Balaban J connectivity index is 1.84. The van der Waals surface area contributed by atoms with Crippen molar-refractivity contribution >= 4 is 38.5 Å². The first-order chi connectivity index (χ1) is 10.7. The maximum absolute atomic E-state index is 4.51. The zero-order valence-corrected chi connectivity index (χ0v) is 13.2.